The fraction of sp³-hybridized carbons (Fsp3) is 0.385. The molecule has 2 aromatic heterocycles. The van der Waals surface area contributed by atoms with Gasteiger partial charge in [-0.3, -0.25) is 4.79 Å². The number of aromatic nitrogens is 1. The highest BCUT2D eigenvalue weighted by Crippen LogP contribution is 2.23. The summed E-state index contributed by atoms with van der Waals surface area (Å²) in [5.74, 6) is 0.404. The highest BCUT2D eigenvalue weighted by Gasteiger charge is 2.23. The molecule has 8 nitrogen and oxygen atoms in total. The first-order chi connectivity index (χ1) is 10.8. The number of hydrogen-bond acceptors (Lipinski definition) is 7. The van der Waals surface area contributed by atoms with E-state index in [0.29, 0.717) is 12.4 Å². The number of anilines is 1. The van der Waals surface area contributed by atoms with Crippen LogP contribution in [0.25, 0.3) is 0 Å². The van der Waals surface area contributed by atoms with Gasteiger partial charge >= 0.3 is 0 Å². The van der Waals surface area contributed by atoms with Crippen LogP contribution in [-0.4, -0.2) is 51.1 Å². The number of nitrogens with zero attached hydrogens (tertiary/aromatic N) is 2. The van der Waals surface area contributed by atoms with Gasteiger partial charge in [-0.1, -0.05) is 5.16 Å². The van der Waals surface area contributed by atoms with Crippen LogP contribution in [0, 0.1) is 6.92 Å². The number of likely N-dealkylation sites (N-methyl/N-ethyl adjacent to an activating group) is 1. The van der Waals surface area contributed by atoms with Gasteiger partial charge in [-0.15, -0.1) is 11.3 Å². The molecule has 2 rings (SSSR count). The first-order valence-corrected chi connectivity index (χ1v) is 8.95. The fourth-order valence-corrected chi connectivity index (χ4v) is 4.01. The van der Waals surface area contributed by atoms with E-state index >= 15 is 0 Å². The summed E-state index contributed by atoms with van der Waals surface area (Å²) >= 11 is 1.04. The van der Waals surface area contributed by atoms with E-state index in [4.69, 9.17) is 9.26 Å². The molecule has 126 valence electrons. The lowest BCUT2D eigenvalue weighted by molar-refractivity contribution is 0.102. The molecule has 0 atom stereocenters. The van der Waals surface area contributed by atoms with Crippen molar-refractivity contribution in [3.63, 3.8) is 0 Å². The topological polar surface area (TPSA) is 102 Å². The lowest BCUT2D eigenvalue weighted by Crippen LogP contribution is -2.29. The van der Waals surface area contributed by atoms with Crippen molar-refractivity contribution in [2.45, 2.75) is 11.8 Å². The Labute approximate surface area is 138 Å². The van der Waals surface area contributed by atoms with Gasteiger partial charge in [-0.05, 0) is 13.0 Å². The molecule has 0 aliphatic rings. The van der Waals surface area contributed by atoms with Gasteiger partial charge in [-0.2, -0.15) is 4.31 Å². The molecule has 0 aliphatic carbocycles. The van der Waals surface area contributed by atoms with Crippen LogP contribution < -0.4 is 5.32 Å². The van der Waals surface area contributed by atoms with E-state index in [-0.39, 0.29) is 22.1 Å². The highest BCUT2D eigenvalue weighted by atomic mass is 32.2. The summed E-state index contributed by atoms with van der Waals surface area (Å²) in [7, 11) is -0.682. The number of sulfonamides is 1. The summed E-state index contributed by atoms with van der Waals surface area (Å²) in [5.41, 5.74) is 0. The monoisotopic (exact) mass is 359 g/mol. The zero-order valence-electron chi connectivity index (χ0n) is 12.9. The summed E-state index contributed by atoms with van der Waals surface area (Å²) in [6.07, 6.45) is 0. The van der Waals surface area contributed by atoms with E-state index in [0.717, 1.165) is 11.3 Å². The van der Waals surface area contributed by atoms with Crippen LogP contribution >= 0.6 is 11.3 Å². The predicted molar refractivity (Wildman–Crippen MR) is 85.2 cm³/mol. The number of carbonyl (C=O) groups excluding carboxylic acids is 1. The van der Waals surface area contributed by atoms with Crippen LogP contribution in [0.1, 0.15) is 15.4 Å². The third-order valence-electron chi connectivity index (χ3n) is 2.99. The van der Waals surface area contributed by atoms with Gasteiger partial charge in [0.1, 0.15) is 5.76 Å². The molecular weight excluding hydrogens is 342 g/mol. The van der Waals surface area contributed by atoms with Gasteiger partial charge in [0.15, 0.2) is 5.82 Å². The molecule has 2 heterocycles. The summed E-state index contributed by atoms with van der Waals surface area (Å²) in [6.45, 7) is 2.22. The van der Waals surface area contributed by atoms with E-state index < -0.39 is 15.9 Å². The first-order valence-electron chi connectivity index (χ1n) is 6.63. The number of ether oxygens (including phenoxy) is 1. The Kier molecular flexibility index (Phi) is 5.52. The molecule has 0 aliphatic heterocycles. The first kappa shape index (κ1) is 17.6. The molecule has 0 radical (unpaired) electrons. The SMILES string of the molecule is COCCN(C)S(=O)(=O)c1csc(C(=O)Nc2cc(C)on2)c1. The van der Waals surface area contributed by atoms with Crippen molar-refractivity contribution < 1.29 is 22.5 Å². The summed E-state index contributed by atoms with van der Waals surface area (Å²) in [6, 6.07) is 2.91. The van der Waals surface area contributed by atoms with Crippen LogP contribution in [0.15, 0.2) is 26.9 Å². The van der Waals surface area contributed by atoms with E-state index in [9.17, 15) is 13.2 Å². The second-order valence-corrected chi connectivity index (χ2v) is 7.70. The van der Waals surface area contributed by atoms with E-state index in [1.807, 2.05) is 0 Å². The second-order valence-electron chi connectivity index (χ2n) is 4.74. The van der Waals surface area contributed by atoms with Gasteiger partial charge in [0.25, 0.3) is 5.91 Å². The average Bonchev–Trinajstić information content (AvgIpc) is 3.14. The minimum atomic E-state index is -3.64. The van der Waals surface area contributed by atoms with Gasteiger partial charge in [0.2, 0.25) is 10.0 Å². The normalized spacial score (nSPS) is 11.8. The van der Waals surface area contributed by atoms with E-state index in [2.05, 4.69) is 10.5 Å². The van der Waals surface area contributed by atoms with E-state index in [1.54, 1.807) is 13.0 Å². The van der Waals surface area contributed by atoms with Crippen molar-refractivity contribution in [2.75, 3.05) is 32.6 Å². The molecule has 0 spiro atoms. The molecule has 0 fully saturated rings. The Morgan fingerprint density at radius 2 is 2.22 bits per heavy atom. The molecule has 10 heteroatoms. The molecule has 1 amide bonds. The quantitative estimate of drug-likeness (QED) is 0.805. The number of methoxy groups -OCH3 is 1. The Balaban J connectivity index is 2.11. The summed E-state index contributed by atoms with van der Waals surface area (Å²) in [5, 5.41) is 7.63. The maximum absolute atomic E-state index is 12.4. The number of thiophene rings is 1. The largest absolute Gasteiger partial charge is 0.383 e. The standard InChI is InChI=1S/C13H17N3O5S2/c1-9-6-12(15-21-9)14-13(17)11-7-10(8-22-11)23(18,19)16(2)4-5-20-3/h6-8H,4-5H2,1-3H3,(H,14,15,17). The number of aryl methyl sites for hydroxylation is 1. The zero-order valence-corrected chi connectivity index (χ0v) is 14.5. The lowest BCUT2D eigenvalue weighted by Gasteiger charge is -2.15. The fourth-order valence-electron chi connectivity index (χ4n) is 1.70. The van der Waals surface area contributed by atoms with Crippen molar-refractivity contribution >= 4 is 33.1 Å². The smallest absolute Gasteiger partial charge is 0.267 e. The third kappa shape index (κ3) is 4.16. The highest BCUT2D eigenvalue weighted by molar-refractivity contribution is 7.89. The number of hydrogen-bond donors (Lipinski definition) is 1. The van der Waals surface area contributed by atoms with Crippen LogP contribution in [-0.2, 0) is 14.8 Å². The molecule has 1 N–H and O–H groups in total. The maximum Gasteiger partial charge on any atom is 0.267 e. The number of amides is 1. The van der Waals surface area contributed by atoms with Crippen molar-refractivity contribution in [2.24, 2.45) is 0 Å². The van der Waals surface area contributed by atoms with Crippen LogP contribution in [0.4, 0.5) is 5.82 Å². The van der Waals surface area contributed by atoms with Crippen LogP contribution in [0.2, 0.25) is 0 Å². The molecule has 2 aromatic rings. The van der Waals surface area contributed by atoms with Gasteiger partial charge in [0, 0.05) is 32.1 Å². The third-order valence-corrected chi connectivity index (χ3v) is 5.90. The number of rotatable bonds is 7. The zero-order chi connectivity index (χ0) is 17.0. The molecular formula is C13H17N3O5S2. The molecule has 0 aromatic carbocycles. The average molecular weight is 359 g/mol. The van der Waals surface area contributed by atoms with Crippen molar-refractivity contribution in [1.82, 2.24) is 9.46 Å². The van der Waals surface area contributed by atoms with Crippen LogP contribution in [0.5, 0.6) is 0 Å². The van der Waals surface area contributed by atoms with Crippen LogP contribution in [0.3, 0.4) is 0 Å². The van der Waals surface area contributed by atoms with Crippen molar-refractivity contribution in [3.05, 3.63) is 28.2 Å². The minimum Gasteiger partial charge on any atom is -0.383 e. The Hall–Kier alpha value is -1.75. The molecule has 0 saturated heterocycles. The van der Waals surface area contributed by atoms with Gasteiger partial charge in [-0.25, -0.2) is 8.42 Å². The van der Waals surface area contributed by atoms with Crippen molar-refractivity contribution in [1.29, 1.82) is 0 Å². The Morgan fingerprint density at radius 1 is 1.48 bits per heavy atom. The van der Waals surface area contributed by atoms with E-state index in [1.165, 1.54) is 29.9 Å². The summed E-state index contributed by atoms with van der Waals surface area (Å²) in [4.78, 5) is 12.4. The minimum absolute atomic E-state index is 0.0718. The van der Waals surface area contributed by atoms with Gasteiger partial charge in [0.05, 0.1) is 16.4 Å². The maximum atomic E-state index is 12.4. The van der Waals surface area contributed by atoms with Crippen molar-refractivity contribution in [3.8, 4) is 0 Å². The molecule has 0 saturated carbocycles. The second kappa shape index (κ2) is 7.21. The lowest BCUT2D eigenvalue weighted by atomic mass is 10.4. The van der Waals surface area contributed by atoms with Gasteiger partial charge < -0.3 is 14.6 Å². The summed E-state index contributed by atoms with van der Waals surface area (Å²) < 4.78 is 35.6. The molecule has 0 unspecified atom stereocenters. The molecule has 23 heavy (non-hydrogen) atoms. The number of carbonyl (C=O) groups is 1. The number of nitrogens with one attached hydrogen (secondary N) is 1. The molecule has 0 bridgehead atoms. The Bertz CT molecular complexity index is 781. The Morgan fingerprint density at radius 3 is 2.83 bits per heavy atom. The predicted octanol–water partition coefficient (Wildman–Crippen LogP) is 1.56.